The third-order valence-corrected chi connectivity index (χ3v) is 4.64. The van der Waals surface area contributed by atoms with E-state index in [0.717, 1.165) is 32.8 Å². The number of pyridine rings is 1. The third kappa shape index (κ3) is 3.13. The van der Waals surface area contributed by atoms with Crippen molar-refractivity contribution in [2.75, 3.05) is 5.75 Å². The highest BCUT2D eigenvalue weighted by atomic mass is 32.2. The molecular formula is C17H16F3N3S. The first-order valence-electron chi connectivity index (χ1n) is 7.52. The van der Waals surface area contributed by atoms with Gasteiger partial charge in [0.1, 0.15) is 5.52 Å². The lowest BCUT2D eigenvalue weighted by molar-refractivity contribution is -0.146. The molecule has 3 rings (SSSR count). The molecule has 0 saturated carbocycles. The minimum absolute atomic E-state index is 0.229. The number of hydrogen-bond donors (Lipinski definition) is 0. The Morgan fingerprint density at radius 1 is 1.33 bits per heavy atom. The van der Waals surface area contributed by atoms with Crippen molar-refractivity contribution >= 4 is 28.5 Å². The van der Waals surface area contributed by atoms with Crippen LogP contribution in [0.5, 0.6) is 0 Å². The maximum atomic E-state index is 13.0. The molecule has 0 unspecified atom stereocenters. The van der Waals surface area contributed by atoms with Gasteiger partial charge in [0.2, 0.25) is 5.82 Å². The molecule has 0 fully saturated rings. The smallest absolute Gasteiger partial charge is 0.308 e. The van der Waals surface area contributed by atoms with Crippen molar-refractivity contribution < 1.29 is 13.2 Å². The molecule has 0 amide bonds. The predicted octanol–water partition coefficient (Wildman–Crippen LogP) is 4.97. The molecule has 3 nitrogen and oxygen atoms in total. The number of imidazole rings is 1. The van der Waals surface area contributed by atoms with Crippen molar-refractivity contribution in [3.63, 3.8) is 0 Å². The zero-order valence-corrected chi connectivity index (χ0v) is 14.1. The van der Waals surface area contributed by atoms with Gasteiger partial charge in [-0.1, -0.05) is 25.2 Å². The van der Waals surface area contributed by atoms with E-state index in [1.54, 1.807) is 24.0 Å². The molecule has 0 spiro atoms. The molecule has 1 aliphatic carbocycles. The van der Waals surface area contributed by atoms with Crippen LogP contribution in [0.15, 0.2) is 41.5 Å². The summed E-state index contributed by atoms with van der Waals surface area (Å²) in [5.41, 5.74) is 2.25. The number of aromatic nitrogens is 3. The number of halogens is 3. The summed E-state index contributed by atoms with van der Waals surface area (Å²) in [7, 11) is 1.33. The number of hydrogen-bond acceptors (Lipinski definition) is 3. The van der Waals surface area contributed by atoms with Gasteiger partial charge in [-0.2, -0.15) is 13.2 Å². The molecule has 24 heavy (non-hydrogen) atoms. The summed E-state index contributed by atoms with van der Waals surface area (Å²) in [6.07, 6.45) is 6.02. The summed E-state index contributed by atoms with van der Waals surface area (Å²) >= 11 is 1.69. The average molecular weight is 351 g/mol. The first-order valence-corrected chi connectivity index (χ1v) is 8.50. The maximum Gasteiger partial charge on any atom is 0.449 e. The zero-order chi connectivity index (χ0) is 17.3. The Kier molecular flexibility index (Phi) is 4.54. The van der Waals surface area contributed by atoms with E-state index in [0.29, 0.717) is 0 Å². The van der Waals surface area contributed by atoms with Crippen molar-refractivity contribution in [3.8, 4) is 0 Å². The number of thioether (sulfide) groups is 1. The highest BCUT2D eigenvalue weighted by Crippen LogP contribution is 2.35. The van der Waals surface area contributed by atoms with Gasteiger partial charge < -0.3 is 4.57 Å². The Labute approximate surface area is 142 Å². The van der Waals surface area contributed by atoms with Crippen LogP contribution >= 0.6 is 11.8 Å². The predicted molar refractivity (Wildman–Crippen MR) is 91.5 cm³/mol. The number of alkyl halides is 3. The van der Waals surface area contributed by atoms with Gasteiger partial charge in [0.25, 0.3) is 0 Å². The van der Waals surface area contributed by atoms with Gasteiger partial charge in [0.15, 0.2) is 5.65 Å². The normalized spacial score (nSPS) is 15.4. The van der Waals surface area contributed by atoms with Crippen molar-refractivity contribution in [1.82, 2.24) is 14.5 Å². The van der Waals surface area contributed by atoms with Crippen LogP contribution in [0, 0.1) is 0 Å². The Morgan fingerprint density at radius 2 is 2.12 bits per heavy atom. The summed E-state index contributed by atoms with van der Waals surface area (Å²) in [5.74, 6) is -0.0218. The van der Waals surface area contributed by atoms with Crippen LogP contribution in [-0.4, -0.2) is 20.3 Å². The quantitative estimate of drug-likeness (QED) is 0.782. The van der Waals surface area contributed by atoms with Gasteiger partial charge in [-0.3, -0.25) is 0 Å². The van der Waals surface area contributed by atoms with Gasteiger partial charge in [0.05, 0.1) is 0 Å². The van der Waals surface area contributed by atoms with Gasteiger partial charge >= 0.3 is 6.18 Å². The highest BCUT2D eigenvalue weighted by molar-refractivity contribution is 8.03. The molecule has 2 aromatic rings. The molecule has 0 aromatic carbocycles. The highest BCUT2D eigenvalue weighted by Gasteiger charge is 2.37. The Balaban J connectivity index is 2.09. The summed E-state index contributed by atoms with van der Waals surface area (Å²) in [6.45, 7) is 2.06. The van der Waals surface area contributed by atoms with Gasteiger partial charge in [0, 0.05) is 23.7 Å². The molecule has 2 heterocycles. The fourth-order valence-electron chi connectivity index (χ4n) is 2.63. The topological polar surface area (TPSA) is 30.7 Å². The first-order chi connectivity index (χ1) is 11.4. The summed E-state index contributed by atoms with van der Waals surface area (Å²) in [6, 6.07) is 1.68. The molecule has 0 N–H and O–H groups in total. The van der Waals surface area contributed by atoms with Crippen molar-refractivity contribution in [1.29, 1.82) is 0 Å². The Morgan fingerprint density at radius 3 is 2.83 bits per heavy atom. The van der Waals surface area contributed by atoms with E-state index in [1.807, 2.05) is 18.2 Å². The monoisotopic (exact) mass is 351 g/mol. The molecule has 0 aliphatic heterocycles. The van der Waals surface area contributed by atoms with Crippen LogP contribution < -0.4 is 0 Å². The number of nitrogens with zero attached hydrogens (tertiary/aromatic N) is 3. The van der Waals surface area contributed by atoms with E-state index in [9.17, 15) is 13.2 Å². The van der Waals surface area contributed by atoms with Crippen molar-refractivity contribution in [2.45, 2.75) is 19.5 Å². The molecule has 0 saturated heterocycles. The minimum Gasteiger partial charge on any atom is -0.308 e. The molecule has 0 bridgehead atoms. The fourth-order valence-corrected chi connectivity index (χ4v) is 3.47. The van der Waals surface area contributed by atoms with E-state index >= 15 is 0 Å². The second-order valence-electron chi connectivity index (χ2n) is 5.30. The van der Waals surface area contributed by atoms with E-state index in [1.165, 1.54) is 7.05 Å². The summed E-state index contributed by atoms with van der Waals surface area (Å²) in [4.78, 5) is 9.04. The number of allylic oxidation sites excluding steroid dienone is 5. The van der Waals surface area contributed by atoms with Crippen LogP contribution in [0.3, 0.4) is 0 Å². The lowest BCUT2D eigenvalue weighted by atomic mass is 10.1. The van der Waals surface area contributed by atoms with E-state index in [2.05, 4.69) is 23.0 Å². The number of rotatable bonds is 3. The number of aryl methyl sites for hydroxylation is 1. The largest absolute Gasteiger partial charge is 0.449 e. The van der Waals surface area contributed by atoms with Gasteiger partial charge in [-0.25, -0.2) is 9.97 Å². The third-order valence-electron chi connectivity index (χ3n) is 3.68. The van der Waals surface area contributed by atoms with Crippen LogP contribution in [0.1, 0.15) is 24.7 Å². The zero-order valence-electron chi connectivity index (χ0n) is 13.3. The molecule has 2 aromatic heterocycles. The Bertz CT molecular complexity index is 860. The van der Waals surface area contributed by atoms with E-state index in [4.69, 9.17) is 0 Å². The SMILES string of the molecule is CCSC1=CC=CCC=C1c1cnc2c(c1)nc(C(F)(F)F)n2C. The average Bonchev–Trinajstić information content (AvgIpc) is 2.71. The minimum atomic E-state index is -4.50. The lowest BCUT2D eigenvalue weighted by Gasteiger charge is -2.10. The molecule has 1 aliphatic rings. The molecular weight excluding hydrogens is 335 g/mol. The summed E-state index contributed by atoms with van der Waals surface area (Å²) in [5, 5.41) is 0. The van der Waals surface area contributed by atoms with Crippen molar-refractivity contribution in [2.24, 2.45) is 7.05 Å². The van der Waals surface area contributed by atoms with Gasteiger partial charge in [-0.05, 0) is 29.9 Å². The van der Waals surface area contributed by atoms with E-state index in [-0.39, 0.29) is 11.2 Å². The second kappa shape index (κ2) is 6.47. The molecule has 126 valence electrons. The van der Waals surface area contributed by atoms with Gasteiger partial charge in [-0.15, -0.1) is 11.8 Å². The molecule has 0 atom stereocenters. The van der Waals surface area contributed by atoms with Crippen molar-refractivity contribution in [3.05, 3.63) is 52.9 Å². The number of fused-ring (bicyclic) bond motifs is 1. The standard InChI is InChI=1S/C17H16F3N3S/c1-3-24-14-8-6-4-5-7-12(14)11-9-13-15(21-10-11)23(2)16(22-13)17(18,19)20/h4,6-10H,3,5H2,1-2H3. The fraction of sp³-hybridized carbons (Fsp3) is 0.294. The second-order valence-corrected chi connectivity index (χ2v) is 6.61. The maximum absolute atomic E-state index is 13.0. The first kappa shape index (κ1) is 16.8. The summed E-state index contributed by atoms with van der Waals surface area (Å²) < 4.78 is 40.0. The Hall–Kier alpha value is -2.02. The van der Waals surface area contributed by atoms with Crippen LogP contribution in [0.4, 0.5) is 13.2 Å². The lowest BCUT2D eigenvalue weighted by Crippen LogP contribution is -2.12. The van der Waals surface area contributed by atoms with Crippen LogP contribution in [0.2, 0.25) is 0 Å². The van der Waals surface area contributed by atoms with Crippen LogP contribution in [-0.2, 0) is 13.2 Å². The van der Waals surface area contributed by atoms with Crippen LogP contribution in [0.25, 0.3) is 16.7 Å². The van der Waals surface area contributed by atoms with E-state index < -0.39 is 12.0 Å². The molecule has 0 radical (unpaired) electrons. The molecule has 7 heteroatoms.